The highest BCUT2D eigenvalue weighted by molar-refractivity contribution is 5.76. The molecule has 24 heavy (non-hydrogen) atoms. The van der Waals surface area contributed by atoms with Crippen molar-refractivity contribution in [2.45, 2.75) is 19.9 Å². The molecular formula is C19H22FNO3. The molecule has 0 unspecified atom stereocenters. The molecule has 2 aromatic rings. The zero-order valence-corrected chi connectivity index (χ0v) is 14.0. The predicted octanol–water partition coefficient (Wildman–Crippen LogP) is 3.65. The van der Waals surface area contributed by atoms with Gasteiger partial charge in [0.25, 0.3) is 0 Å². The summed E-state index contributed by atoms with van der Waals surface area (Å²) in [5, 5.41) is 0. The number of carbonyl (C=O) groups is 1. The molecule has 0 N–H and O–H groups in total. The van der Waals surface area contributed by atoms with E-state index in [2.05, 4.69) is 0 Å². The Morgan fingerprint density at radius 2 is 1.79 bits per heavy atom. The first kappa shape index (κ1) is 17.8. The lowest BCUT2D eigenvalue weighted by molar-refractivity contribution is -0.130. The normalized spacial score (nSPS) is 10.3. The number of nitrogens with zero attached hydrogens (tertiary/aromatic N) is 1. The van der Waals surface area contributed by atoms with Crippen molar-refractivity contribution in [3.8, 4) is 11.5 Å². The Bertz CT molecular complexity index is 658. The first-order valence-corrected chi connectivity index (χ1v) is 7.93. The van der Waals surface area contributed by atoms with Crippen molar-refractivity contribution in [1.82, 2.24) is 4.90 Å². The third kappa shape index (κ3) is 5.26. The Kier molecular flexibility index (Phi) is 6.61. The predicted molar refractivity (Wildman–Crippen MR) is 90.6 cm³/mol. The van der Waals surface area contributed by atoms with Gasteiger partial charge in [-0.15, -0.1) is 0 Å². The van der Waals surface area contributed by atoms with Gasteiger partial charge in [-0.05, 0) is 36.8 Å². The van der Waals surface area contributed by atoms with Crippen molar-refractivity contribution >= 4 is 5.91 Å². The first-order valence-electron chi connectivity index (χ1n) is 7.93. The molecule has 0 heterocycles. The van der Waals surface area contributed by atoms with E-state index in [1.807, 2.05) is 31.2 Å². The van der Waals surface area contributed by atoms with Crippen molar-refractivity contribution < 1.29 is 18.7 Å². The van der Waals surface area contributed by atoms with Gasteiger partial charge in [0.15, 0.2) is 11.6 Å². The molecule has 0 saturated carbocycles. The molecular weight excluding hydrogens is 309 g/mol. The summed E-state index contributed by atoms with van der Waals surface area (Å²) in [7, 11) is 1.74. The molecule has 0 saturated heterocycles. The number of benzene rings is 2. The van der Waals surface area contributed by atoms with Crippen LogP contribution in [0.3, 0.4) is 0 Å². The molecule has 0 atom stereocenters. The molecule has 2 rings (SSSR count). The Balaban J connectivity index is 1.78. The molecule has 1 amide bonds. The lowest BCUT2D eigenvalue weighted by atomic mass is 10.2. The van der Waals surface area contributed by atoms with E-state index in [4.69, 9.17) is 9.47 Å². The number of halogens is 1. The Hall–Kier alpha value is -2.56. The van der Waals surface area contributed by atoms with Gasteiger partial charge in [0.05, 0.1) is 19.6 Å². The zero-order chi connectivity index (χ0) is 17.4. The lowest BCUT2D eigenvalue weighted by Crippen LogP contribution is -2.27. The number of hydrogen-bond donors (Lipinski definition) is 0. The molecule has 0 aliphatic rings. The number of carbonyl (C=O) groups excluding carboxylic acids is 1. The summed E-state index contributed by atoms with van der Waals surface area (Å²) in [5.41, 5.74) is 1.02. The molecule has 5 heteroatoms. The second-order valence-electron chi connectivity index (χ2n) is 5.36. The fourth-order valence-electron chi connectivity index (χ4n) is 2.22. The van der Waals surface area contributed by atoms with Crippen LogP contribution in [-0.2, 0) is 11.3 Å². The van der Waals surface area contributed by atoms with Crippen LogP contribution in [0.4, 0.5) is 4.39 Å². The molecule has 0 aliphatic carbocycles. The third-order valence-corrected chi connectivity index (χ3v) is 3.49. The summed E-state index contributed by atoms with van der Waals surface area (Å²) in [5.74, 6) is 0.501. The topological polar surface area (TPSA) is 38.8 Å². The van der Waals surface area contributed by atoms with E-state index in [0.717, 1.165) is 11.3 Å². The summed E-state index contributed by atoms with van der Waals surface area (Å²) in [4.78, 5) is 13.7. The van der Waals surface area contributed by atoms with Gasteiger partial charge < -0.3 is 14.4 Å². The van der Waals surface area contributed by atoms with Gasteiger partial charge >= 0.3 is 0 Å². The van der Waals surface area contributed by atoms with Crippen LogP contribution in [0.25, 0.3) is 0 Å². The van der Waals surface area contributed by atoms with Gasteiger partial charge in [0.1, 0.15) is 5.75 Å². The Morgan fingerprint density at radius 1 is 1.08 bits per heavy atom. The second-order valence-corrected chi connectivity index (χ2v) is 5.36. The molecule has 2 aromatic carbocycles. The summed E-state index contributed by atoms with van der Waals surface area (Å²) in [6.07, 6.45) is 0.196. The standard InChI is InChI=1S/C19H22FNO3/c1-3-23-16-10-8-15(9-11-16)14-21(2)19(22)12-13-24-18-7-5-4-6-17(18)20/h4-11H,3,12-14H2,1-2H3. The van der Waals surface area contributed by atoms with Crippen LogP contribution >= 0.6 is 0 Å². The van der Waals surface area contributed by atoms with Crippen LogP contribution in [0.15, 0.2) is 48.5 Å². The minimum atomic E-state index is -0.423. The molecule has 128 valence electrons. The SMILES string of the molecule is CCOc1ccc(CN(C)C(=O)CCOc2ccccc2F)cc1. The monoisotopic (exact) mass is 331 g/mol. The fraction of sp³-hybridized carbons (Fsp3) is 0.316. The number of para-hydroxylation sites is 1. The average Bonchev–Trinajstić information content (AvgIpc) is 2.58. The van der Waals surface area contributed by atoms with Gasteiger partial charge in [-0.25, -0.2) is 4.39 Å². The summed E-state index contributed by atoms with van der Waals surface area (Å²) in [6.45, 7) is 3.21. The first-order chi connectivity index (χ1) is 11.6. The number of amides is 1. The van der Waals surface area contributed by atoms with Gasteiger partial charge in [-0.3, -0.25) is 4.79 Å². The fourth-order valence-corrected chi connectivity index (χ4v) is 2.22. The van der Waals surface area contributed by atoms with Crippen LogP contribution in [0.2, 0.25) is 0 Å². The smallest absolute Gasteiger partial charge is 0.226 e. The van der Waals surface area contributed by atoms with Crippen molar-refractivity contribution in [2.24, 2.45) is 0 Å². The maximum Gasteiger partial charge on any atom is 0.226 e. The minimum Gasteiger partial charge on any atom is -0.494 e. The van der Waals surface area contributed by atoms with Gasteiger partial charge in [0.2, 0.25) is 5.91 Å². The molecule has 0 spiro atoms. The van der Waals surface area contributed by atoms with Crippen LogP contribution < -0.4 is 9.47 Å². The largest absolute Gasteiger partial charge is 0.494 e. The van der Waals surface area contributed by atoms with E-state index in [0.29, 0.717) is 13.2 Å². The molecule has 0 aliphatic heterocycles. The molecule has 0 radical (unpaired) electrons. The van der Waals surface area contributed by atoms with E-state index in [1.54, 1.807) is 30.1 Å². The van der Waals surface area contributed by atoms with E-state index in [-0.39, 0.29) is 24.7 Å². The number of hydrogen-bond acceptors (Lipinski definition) is 3. The Morgan fingerprint density at radius 3 is 2.46 bits per heavy atom. The average molecular weight is 331 g/mol. The highest BCUT2D eigenvalue weighted by Crippen LogP contribution is 2.16. The van der Waals surface area contributed by atoms with Crippen molar-refractivity contribution in [3.63, 3.8) is 0 Å². The molecule has 4 nitrogen and oxygen atoms in total. The van der Waals surface area contributed by atoms with Gasteiger partial charge in [0, 0.05) is 13.6 Å². The van der Waals surface area contributed by atoms with E-state index < -0.39 is 5.82 Å². The van der Waals surface area contributed by atoms with E-state index >= 15 is 0 Å². The highest BCUT2D eigenvalue weighted by atomic mass is 19.1. The maximum atomic E-state index is 13.4. The summed E-state index contributed by atoms with van der Waals surface area (Å²) in [6, 6.07) is 13.8. The second kappa shape index (κ2) is 8.91. The Labute approximate surface area is 141 Å². The highest BCUT2D eigenvalue weighted by Gasteiger charge is 2.10. The summed E-state index contributed by atoms with van der Waals surface area (Å²) >= 11 is 0. The van der Waals surface area contributed by atoms with Crippen molar-refractivity contribution in [1.29, 1.82) is 0 Å². The molecule has 0 fully saturated rings. The molecule has 0 aromatic heterocycles. The lowest BCUT2D eigenvalue weighted by Gasteiger charge is -2.18. The van der Waals surface area contributed by atoms with E-state index in [1.165, 1.54) is 6.07 Å². The van der Waals surface area contributed by atoms with Crippen LogP contribution in [0.1, 0.15) is 18.9 Å². The quantitative estimate of drug-likeness (QED) is 0.741. The van der Waals surface area contributed by atoms with Crippen LogP contribution in [-0.4, -0.2) is 31.1 Å². The van der Waals surface area contributed by atoms with Crippen molar-refractivity contribution in [2.75, 3.05) is 20.3 Å². The van der Waals surface area contributed by atoms with Crippen LogP contribution in [0.5, 0.6) is 11.5 Å². The van der Waals surface area contributed by atoms with E-state index in [9.17, 15) is 9.18 Å². The number of ether oxygens (including phenoxy) is 2. The molecule has 0 bridgehead atoms. The summed E-state index contributed by atoms with van der Waals surface area (Å²) < 4.78 is 24.1. The van der Waals surface area contributed by atoms with Crippen molar-refractivity contribution in [3.05, 3.63) is 59.9 Å². The van der Waals surface area contributed by atoms with Crippen LogP contribution in [0, 0.1) is 5.82 Å². The zero-order valence-electron chi connectivity index (χ0n) is 14.0. The van der Waals surface area contributed by atoms with Gasteiger partial charge in [-0.1, -0.05) is 24.3 Å². The van der Waals surface area contributed by atoms with Gasteiger partial charge in [-0.2, -0.15) is 0 Å². The number of rotatable bonds is 8. The minimum absolute atomic E-state index is 0.0553. The third-order valence-electron chi connectivity index (χ3n) is 3.49. The maximum absolute atomic E-state index is 13.4.